The highest BCUT2D eigenvalue weighted by molar-refractivity contribution is 5.60. The Hall–Kier alpha value is -2.02. The van der Waals surface area contributed by atoms with Crippen LogP contribution in [0.15, 0.2) is 54.6 Å². The average Bonchev–Trinajstić information content (AvgIpc) is 2.48. The summed E-state index contributed by atoms with van der Waals surface area (Å²) < 4.78 is 0. The molecule has 0 aliphatic heterocycles. The van der Waals surface area contributed by atoms with Gasteiger partial charge in [0.05, 0.1) is 0 Å². The third kappa shape index (κ3) is 3.47. The third-order valence-corrected chi connectivity index (χ3v) is 3.20. The van der Waals surface area contributed by atoms with E-state index in [1.165, 1.54) is 11.3 Å². The van der Waals surface area contributed by atoms with Crippen molar-refractivity contribution in [1.82, 2.24) is 0 Å². The molecular formula is C18H20N. The molecule has 1 heteroatoms. The number of nitrogens with zero attached hydrogens (tertiary/aromatic N) is 1. The van der Waals surface area contributed by atoms with E-state index < -0.39 is 0 Å². The molecule has 2 aromatic carbocycles. The summed E-state index contributed by atoms with van der Waals surface area (Å²) in [6.45, 7) is 6.39. The fraction of sp³-hybridized carbons (Fsp3) is 0.222. The van der Waals surface area contributed by atoms with Gasteiger partial charge in [-0.1, -0.05) is 48.5 Å². The highest BCUT2D eigenvalue weighted by Crippen LogP contribution is 2.20. The number of hydrogen-bond acceptors (Lipinski definition) is 1. The van der Waals surface area contributed by atoms with Gasteiger partial charge in [0.25, 0.3) is 0 Å². The maximum absolute atomic E-state index is 3.41. The number of hydrogen-bond donors (Lipinski definition) is 0. The summed E-state index contributed by atoms with van der Waals surface area (Å²) in [5.74, 6) is 0. The first-order valence-corrected chi connectivity index (χ1v) is 6.84. The van der Waals surface area contributed by atoms with Gasteiger partial charge in [-0.05, 0) is 37.6 Å². The molecule has 2 rings (SSSR count). The minimum Gasteiger partial charge on any atom is -0.372 e. The fourth-order valence-corrected chi connectivity index (χ4v) is 2.15. The zero-order valence-corrected chi connectivity index (χ0v) is 11.6. The van der Waals surface area contributed by atoms with Crippen molar-refractivity contribution in [2.75, 3.05) is 18.0 Å². The second-order valence-corrected chi connectivity index (χ2v) is 4.39. The fourth-order valence-electron chi connectivity index (χ4n) is 2.15. The Morgan fingerprint density at radius 3 is 2.21 bits per heavy atom. The van der Waals surface area contributed by atoms with Gasteiger partial charge in [0, 0.05) is 24.3 Å². The van der Waals surface area contributed by atoms with Gasteiger partial charge in [-0.25, -0.2) is 0 Å². The lowest BCUT2D eigenvalue weighted by atomic mass is 10.1. The highest BCUT2D eigenvalue weighted by atomic mass is 15.1. The average molecular weight is 250 g/mol. The maximum atomic E-state index is 3.41. The van der Waals surface area contributed by atoms with Crippen molar-refractivity contribution in [1.29, 1.82) is 0 Å². The molecule has 0 spiro atoms. The van der Waals surface area contributed by atoms with E-state index in [4.69, 9.17) is 0 Å². The van der Waals surface area contributed by atoms with E-state index in [-0.39, 0.29) is 0 Å². The van der Waals surface area contributed by atoms with Gasteiger partial charge in [0.15, 0.2) is 0 Å². The largest absolute Gasteiger partial charge is 0.372 e. The molecule has 0 fully saturated rings. The summed E-state index contributed by atoms with van der Waals surface area (Å²) in [7, 11) is 0. The molecule has 0 amide bonds. The summed E-state index contributed by atoms with van der Waals surface area (Å²) in [6, 6.07) is 18.7. The first-order chi connectivity index (χ1) is 9.35. The number of rotatable bonds is 5. The van der Waals surface area contributed by atoms with Crippen LogP contribution < -0.4 is 4.90 Å². The topological polar surface area (TPSA) is 3.24 Å². The van der Waals surface area contributed by atoms with Crippen LogP contribution in [0.4, 0.5) is 5.69 Å². The van der Waals surface area contributed by atoms with Crippen LogP contribution >= 0.6 is 0 Å². The molecule has 0 saturated carbocycles. The van der Waals surface area contributed by atoms with Crippen molar-refractivity contribution in [3.63, 3.8) is 0 Å². The molecule has 0 N–H and O–H groups in total. The summed E-state index contributed by atoms with van der Waals surface area (Å²) >= 11 is 0. The molecule has 0 aromatic heterocycles. The lowest BCUT2D eigenvalue weighted by molar-refractivity contribution is 0.864. The predicted molar refractivity (Wildman–Crippen MR) is 83.3 cm³/mol. The van der Waals surface area contributed by atoms with Crippen molar-refractivity contribution >= 4 is 11.8 Å². The minimum absolute atomic E-state index is 1.01. The Bertz CT molecular complexity index is 524. The Labute approximate surface area is 116 Å². The van der Waals surface area contributed by atoms with Crippen LogP contribution in [0, 0.1) is 6.08 Å². The first-order valence-electron chi connectivity index (χ1n) is 6.84. The van der Waals surface area contributed by atoms with Crippen LogP contribution in [0.3, 0.4) is 0 Å². The Morgan fingerprint density at radius 2 is 1.53 bits per heavy atom. The van der Waals surface area contributed by atoms with Gasteiger partial charge in [-0.3, -0.25) is 0 Å². The molecule has 0 heterocycles. The van der Waals surface area contributed by atoms with Gasteiger partial charge in [0.1, 0.15) is 0 Å². The SMILES string of the molecule is CCN(CC)c1ccccc1/[C]=C/c1ccccc1. The monoisotopic (exact) mass is 250 g/mol. The van der Waals surface area contributed by atoms with Crippen molar-refractivity contribution in [2.45, 2.75) is 13.8 Å². The van der Waals surface area contributed by atoms with Crippen LogP contribution in [0.25, 0.3) is 6.08 Å². The molecule has 0 unspecified atom stereocenters. The zero-order valence-electron chi connectivity index (χ0n) is 11.6. The Kier molecular flexibility index (Phi) is 4.79. The number of anilines is 1. The predicted octanol–water partition coefficient (Wildman–Crippen LogP) is 4.40. The summed E-state index contributed by atoms with van der Waals surface area (Å²) in [4.78, 5) is 2.35. The molecule has 19 heavy (non-hydrogen) atoms. The molecule has 0 saturated heterocycles. The number of benzene rings is 2. The van der Waals surface area contributed by atoms with Crippen LogP contribution in [0.5, 0.6) is 0 Å². The molecule has 0 aliphatic rings. The van der Waals surface area contributed by atoms with E-state index in [0.29, 0.717) is 0 Å². The quantitative estimate of drug-likeness (QED) is 0.711. The molecule has 1 radical (unpaired) electrons. The van der Waals surface area contributed by atoms with Crippen molar-refractivity contribution in [3.05, 3.63) is 71.8 Å². The molecule has 2 aromatic rings. The van der Waals surface area contributed by atoms with Crippen molar-refractivity contribution in [3.8, 4) is 0 Å². The summed E-state index contributed by atoms with van der Waals surface area (Å²) in [5, 5.41) is 0. The normalized spacial score (nSPS) is 10.8. The van der Waals surface area contributed by atoms with E-state index in [0.717, 1.165) is 18.7 Å². The number of para-hydroxylation sites is 1. The lowest BCUT2D eigenvalue weighted by Gasteiger charge is -2.22. The van der Waals surface area contributed by atoms with Gasteiger partial charge in [0.2, 0.25) is 0 Å². The minimum atomic E-state index is 1.01. The Morgan fingerprint density at radius 1 is 0.895 bits per heavy atom. The molecule has 97 valence electrons. The molecule has 1 nitrogen and oxygen atoms in total. The van der Waals surface area contributed by atoms with E-state index in [2.05, 4.69) is 61.2 Å². The summed E-state index contributed by atoms with van der Waals surface area (Å²) in [6.07, 6.45) is 5.46. The highest BCUT2D eigenvalue weighted by Gasteiger charge is 2.05. The van der Waals surface area contributed by atoms with Crippen LogP contribution in [-0.4, -0.2) is 13.1 Å². The smallest absolute Gasteiger partial charge is 0.0445 e. The van der Waals surface area contributed by atoms with Gasteiger partial charge in [-0.2, -0.15) is 0 Å². The van der Waals surface area contributed by atoms with Gasteiger partial charge >= 0.3 is 0 Å². The van der Waals surface area contributed by atoms with Crippen LogP contribution in [0.1, 0.15) is 25.0 Å². The Balaban J connectivity index is 2.28. The van der Waals surface area contributed by atoms with Crippen molar-refractivity contribution < 1.29 is 0 Å². The summed E-state index contributed by atoms with van der Waals surface area (Å²) in [5.41, 5.74) is 3.58. The van der Waals surface area contributed by atoms with Gasteiger partial charge < -0.3 is 4.90 Å². The molecule has 0 bridgehead atoms. The van der Waals surface area contributed by atoms with E-state index in [1.807, 2.05) is 24.3 Å². The third-order valence-electron chi connectivity index (χ3n) is 3.20. The first kappa shape index (κ1) is 13.4. The van der Waals surface area contributed by atoms with Crippen molar-refractivity contribution in [2.24, 2.45) is 0 Å². The second-order valence-electron chi connectivity index (χ2n) is 4.39. The lowest BCUT2D eigenvalue weighted by Crippen LogP contribution is -2.22. The van der Waals surface area contributed by atoms with Gasteiger partial charge in [-0.15, -0.1) is 0 Å². The van der Waals surface area contributed by atoms with E-state index >= 15 is 0 Å². The van der Waals surface area contributed by atoms with E-state index in [9.17, 15) is 0 Å². The molecular weight excluding hydrogens is 230 g/mol. The maximum Gasteiger partial charge on any atom is 0.0445 e. The molecule has 0 aliphatic carbocycles. The van der Waals surface area contributed by atoms with E-state index in [1.54, 1.807) is 0 Å². The van der Waals surface area contributed by atoms with Crippen LogP contribution in [-0.2, 0) is 0 Å². The second kappa shape index (κ2) is 6.79. The standard InChI is InChI=1S/C18H20N/c1-3-19(4-2)18-13-9-8-12-17(18)15-14-16-10-6-5-7-11-16/h5-14H,3-4H2,1-2H3. The van der Waals surface area contributed by atoms with Crippen LogP contribution in [0.2, 0.25) is 0 Å². The zero-order chi connectivity index (χ0) is 13.5. The molecule has 0 atom stereocenters.